The Balaban J connectivity index is 1.63. The molecule has 0 radical (unpaired) electrons. The molecule has 0 aliphatic rings. The second kappa shape index (κ2) is 8.83. The molecule has 4 aromatic rings. The van der Waals surface area contributed by atoms with E-state index >= 15 is 0 Å². The van der Waals surface area contributed by atoms with Gasteiger partial charge in [0.1, 0.15) is 10.2 Å². The van der Waals surface area contributed by atoms with Crippen LogP contribution >= 0.6 is 22.9 Å². The van der Waals surface area contributed by atoms with Crippen LogP contribution in [0.15, 0.2) is 41.8 Å². The molecule has 0 amide bonds. The molecular formula is C21H18ClN5O3S. The summed E-state index contributed by atoms with van der Waals surface area (Å²) in [6.07, 6.45) is 3.50. The van der Waals surface area contributed by atoms with Crippen molar-refractivity contribution in [2.45, 2.75) is 13.8 Å². The molecular weight excluding hydrogens is 438 g/mol. The van der Waals surface area contributed by atoms with Gasteiger partial charge in [-0.3, -0.25) is 4.98 Å². The van der Waals surface area contributed by atoms with Crippen molar-refractivity contribution >= 4 is 39.6 Å². The highest BCUT2D eigenvalue weighted by molar-refractivity contribution is 7.17. The minimum absolute atomic E-state index is 0.0266. The van der Waals surface area contributed by atoms with Gasteiger partial charge < -0.3 is 14.3 Å². The van der Waals surface area contributed by atoms with Gasteiger partial charge in [0.15, 0.2) is 11.5 Å². The van der Waals surface area contributed by atoms with Gasteiger partial charge in [0.2, 0.25) is 0 Å². The van der Waals surface area contributed by atoms with Crippen molar-refractivity contribution in [3.63, 3.8) is 0 Å². The SMILES string of the molecule is COc1cc2nc(O/N=C(\C)c3sc(-c4cccnc4)nc3C)nc(Cl)c2cc1OC. The van der Waals surface area contributed by atoms with Gasteiger partial charge >= 0.3 is 6.01 Å². The normalized spacial score (nSPS) is 11.6. The fraction of sp³-hybridized carbons (Fsp3) is 0.190. The summed E-state index contributed by atoms with van der Waals surface area (Å²) in [6.45, 7) is 3.76. The van der Waals surface area contributed by atoms with Gasteiger partial charge in [-0.25, -0.2) is 4.98 Å². The van der Waals surface area contributed by atoms with Crippen LogP contribution in [0.5, 0.6) is 17.5 Å². The predicted molar refractivity (Wildman–Crippen MR) is 121 cm³/mol. The van der Waals surface area contributed by atoms with Crippen molar-refractivity contribution < 1.29 is 14.3 Å². The number of ether oxygens (including phenoxy) is 2. The zero-order valence-corrected chi connectivity index (χ0v) is 18.8. The third kappa shape index (κ3) is 4.28. The maximum Gasteiger partial charge on any atom is 0.347 e. The number of nitrogens with zero attached hydrogens (tertiary/aromatic N) is 5. The Labute approximate surface area is 187 Å². The summed E-state index contributed by atoms with van der Waals surface area (Å²) in [5, 5.41) is 5.89. The maximum atomic E-state index is 6.33. The number of fused-ring (bicyclic) bond motifs is 1. The van der Waals surface area contributed by atoms with Gasteiger partial charge in [0.25, 0.3) is 0 Å². The van der Waals surface area contributed by atoms with Crippen LogP contribution < -0.4 is 14.3 Å². The number of aryl methyl sites for hydroxylation is 1. The molecule has 0 bridgehead atoms. The van der Waals surface area contributed by atoms with Crippen molar-refractivity contribution in [1.29, 1.82) is 0 Å². The van der Waals surface area contributed by atoms with E-state index in [1.54, 1.807) is 38.7 Å². The minimum Gasteiger partial charge on any atom is -0.493 e. The zero-order valence-electron chi connectivity index (χ0n) is 17.2. The Hall–Kier alpha value is -3.30. The van der Waals surface area contributed by atoms with Crippen molar-refractivity contribution in [3.05, 3.63) is 52.4 Å². The van der Waals surface area contributed by atoms with Gasteiger partial charge in [0.05, 0.1) is 36.0 Å². The molecule has 0 saturated heterocycles. The van der Waals surface area contributed by atoms with Gasteiger partial charge in [-0.1, -0.05) is 16.8 Å². The molecule has 1 aromatic carbocycles. The lowest BCUT2D eigenvalue weighted by Gasteiger charge is -2.09. The third-order valence-corrected chi connectivity index (χ3v) is 6.04. The summed E-state index contributed by atoms with van der Waals surface area (Å²) in [5.74, 6) is 1.06. The average Bonchev–Trinajstić information content (AvgIpc) is 3.19. The third-order valence-electron chi connectivity index (χ3n) is 4.43. The van der Waals surface area contributed by atoms with E-state index in [4.69, 9.17) is 25.9 Å². The standard InChI is InChI=1S/C21H18ClN5O3S/c1-11-18(31-20(24-11)13-6-5-7-23-10-13)12(2)27-30-21-25-15-9-17(29-4)16(28-3)8-14(15)19(22)26-21/h5-10H,1-4H3/b27-12+. The molecule has 0 spiro atoms. The highest BCUT2D eigenvalue weighted by atomic mass is 35.5. The summed E-state index contributed by atoms with van der Waals surface area (Å²) < 4.78 is 10.6. The van der Waals surface area contributed by atoms with Crippen LogP contribution in [0.25, 0.3) is 21.5 Å². The number of aromatic nitrogens is 4. The number of pyridine rings is 1. The highest BCUT2D eigenvalue weighted by Gasteiger charge is 2.15. The second-order valence-corrected chi connectivity index (χ2v) is 7.82. The van der Waals surface area contributed by atoms with Gasteiger partial charge in [0, 0.05) is 29.4 Å². The molecule has 158 valence electrons. The van der Waals surface area contributed by atoms with Crippen LogP contribution in [-0.4, -0.2) is 39.9 Å². The lowest BCUT2D eigenvalue weighted by molar-refractivity contribution is 0.314. The van der Waals surface area contributed by atoms with E-state index in [2.05, 4.69) is 25.1 Å². The fourth-order valence-corrected chi connectivity index (χ4v) is 4.15. The van der Waals surface area contributed by atoms with Crippen LogP contribution in [0.3, 0.4) is 0 Å². The van der Waals surface area contributed by atoms with Crippen LogP contribution in [0, 0.1) is 6.92 Å². The van der Waals surface area contributed by atoms with Crippen LogP contribution in [0.1, 0.15) is 17.5 Å². The molecule has 0 aliphatic heterocycles. The zero-order chi connectivity index (χ0) is 22.0. The van der Waals surface area contributed by atoms with E-state index in [1.807, 2.05) is 26.0 Å². The Kier molecular flexibility index (Phi) is 5.97. The number of rotatable bonds is 6. The molecule has 0 saturated carbocycles. The quantitative estimate of drug-likeness (QED) is 0.231. The van der Waals surface area contributed by atoms with E-state index in [-0.39, 0.29) is 11.2 Å². The molecule has 0 unspecified atom stereocenters. The number of benzene rings is 1. The Morgan fingerprint density at radius 3 is 2.58 bits per heavy atom. The van der Waals surface area contributed by atoms with Crippen molar-refractivity contribution in [2.24, 2.45) is 5.16 Å². The van der Waals surface area contributed by atoms with E-state index in [0.717, 1.165) is 21.1 Å². The largest absolute Gasteiger partial charge is 0.493 e. The molecule has 0 aliphatic carbocycles. The highest BCUT2D eigenvalue weighted by Crippen LogP contribution is 2.34. The molecule has 3 heterocycles. The molecule has 8 nitrogen and oxygen atoms in total. The van der Waals surface area contributed by atoms with Gasteiger partial charge in [-0.15, -0.1) is 11.3 Å². The summed E-state index contributed by atoms with van der Waals surface area (Å²) in [7, 11) is 3.10. The maximum absolute atomic E-state index is 6.33. The fourth-order valence-electron chi connectivity index (χ4n) is 2.93. The monoisotopic (exact) mass is 455 g/mol. The molecule has 0 fully saturated rings. The predicted octanol–water partition coefficient (Wildman–Crippen LogP) is 4.93. The molecule has 4 rings (SSSR count). The van der Waals surface area contributed by atoms with Crippen molar-refractivity contribution in [2.75, 3.05) is 14.2 Å². The number of halogens is 1. The van der Waals surface area contributed by atoms with Gasteiger partial charge in [-0.2, -0.15) is 9.97 Å². The van der Waals surface area contributed by atoms with Crippen LogP contribution in [0.2, 0.25) is 5.15 Å². The number of oxime groups is 1. The topological polar surface area (TPSA) is 91.6 Å². The number of hydrogen-bond donors (Lipinski definition) is 0. The van der Waals surface area contributed by atoms with E-state index in [9.17, 15) is 0 Å². The molecule has 0 N–H and O–H groups in total. The lowest BCUT2D eigenvalue weighted by Crippen LogP contribution is -2.00. The first-order valence-corrected chi connectivity index (χ1v) is 10.4. The van der Waals surface area contributed by atoms with Crippen LogP contribution in [-0.2, 0) is 0 Å². The summed E-state index contributed by atoms with van der Waals surface area (Å²) in [5.41, 5.74) is 3.00. The van der Waals surface area contributed by atoms with E-state index < -0.39 is 0 Å². The average molecular weight is 456 g/mol. The number of methoxy groups -OCH3 is 2. The summed E-state index contributed by atoms with van der Waals surface area (Å²) in [6, 6.07) is 7.29. The Morgan fingerprint density at radius 2 is 1.87 bits per heavy atom. The minimum atomic E-state index is 0.0266. The Morgan fingerprint density at radius 1 is 1.10 bits per heavy atom. The Bertz CT molecular complexity index is 1280. The van der Waals surface area contributed by atoms with E-state index in [1.165, 1.54) is 11.3 Å². The van der Waals surface area contributed by atoms with Crippen molar-refractivity contribution in [1.82, 2.24) is 19.9 Å². The molecule has 10 heteroatoms. The summed E-state index contributed by atoms with van der Waals surface area (Å²) in [4.78, 5) is 23.7. The number of hydrogen-bond acceptors (Lipinski definition) is 9. The molecule has 3 aromatic heterocycles. The second-order valence-electron chi connectivity index (χ2n) is 6.46. The molecule has 31 heavy (non-hydrogen) atoms. The van der Waals surface area contributed by atoms with Crippen LogP contribution in [0.4, 0.5) is 0 Å². The lowest BCUT2D eigenvalue weighted by atomic mass is 10.2. The first-order valence-electron chi connectivity index (χ1n) is 9.19. The smallest absolute Gasteiger partial charge is 0.347 e. The summed E-state index contributed by atoms with van der Waals surface area (Å²) >= 11 is 7.84. The number of thiazole rings is 1. The first-order chi connectivity index (χ1) is 15.0. The first kappa shape index (κ1) is 21.0. The van der Waals surface area contributed by atoms with Gasteiger partial charge in [-0.05, 0) is 32.0 Å². The van der Waals surface area contributed by atoms with E-state index in [0.29, 0.717) is 28.1 Å². The molecule has 0 atom stereocenters. The van der Waals surface area contributed by atoms with Crippen molar-refractivity contribution in [3.8, 4) is 28.1 Å².